The molecule has 10 heteroatoms. The molecule has 0 bridgehead atoms. The molecule has 6 aromatic carbocycles. The van der Waals surface area contributed by atoms with Crippen LogP contribution in [-0.2, 0) is 12.4 Å². The van der Waals surface area contributed by atoms with E-state index < -0.39 is 23.5 Å². The van der Waals surface area contributed by atoms with Gasteiger partial charge in [-0.3, -0.25) is 4.98 Å². The van der Waals surface area contributed by atoms with Crippen molar-refractivity contribution in [2.75, 3.05) is 0 Å². The number of alkyl halides is 6. The zero-order chi connectivity index (χ0) is 37.4. The number of halogens is 6. The highest BCUT2D eigenvalue weighted by Crippen LogP contribution is 2.43. The topological polar surface area (TPSA) is 46.5 Å². The lowest BCUT2D eigenvalue weighted by Gasteiger charge is -2.18. The quantitative estimate of drug-likeness (QED) is 0.170. The van der Waals surface area contributed by atoms with Crippen LogP contribution in [0.5, 0.6) is 0 Å². The normalized spacial score (nSPS) is 12.2. The molecule has 0 saturated heterocycles. The number of nitriles is 1. The Balaban J connectivity index is 1.32. The van der Waals surface area contributed by atoms with Crippen LogP contribution >= 0.6 is 0 Å². The summed E-state index contributed by atoms with van der Waals surface area (Å²) in [6.45, 7) is 0. The van der Waals surface area contributed by atoms with Gasteiger partial charge in [0.05, 0.1) is 62.4 Å². The minimum absolute atomic E-state index is 0.397. The van der Waals surface area contributed by atoms with E-state index in [-0.39, 0.29) is 0 Å². The number of rotatable bonds is 4. The van der Waals surface area contributed by atoms with E-state index in [1.54, 1.807) is 48.8 Å². The van der Waals surface area contributed by atoms with Gasteiger partial charge in [-0.1, -0.05) is 60.7 Å². The number of para-hydroxylation sites is 2. The van der Waals surface area contributed by atoms with Gasteiger partial charge in [-0.15, -0.1) is 0 Å². The number of nitrogens with zero attached hydrogens (tertiary/aromatic N) is 4. The maximum Gasteiger partial charge on any atom is 0.416 e. The van der Waals surface area contributed by atoms with Crippen LogP contribution in [-0.4, -0.2) is 14.1 Å². The third kappa shape index (κ3) is 5.19. The highest BCUT2D eigenvalue weighted by molar-refractivity contribution is 6.11. The molecule has 262 valence electrons. The van der Waals surface area contributed by atoms with Crippen molar-refractivity contribution in [2.24, 2.45) is 0 Å². The number of fused-ring (bicyclic) bond motifs is 6. The standard InChI is InChI=1S/C44H24F6N4/c45-43(46,47)28-14-17-40-35(22-28)32-9-3-5-11-37(32)53(40)39-16-13-26(21-34(39)30-8-2-1-7-27(30)24-51)31-19-20-52-25-42(31)54-38-12-6-4-10-33(38)36-23-29(44(48,49)50)15-18-41(36)54/h1-23,25H. The van der Waals surface area contributed by atoms with Crippen molar-refractivity contribution >= 4 is 43.6 Å². The Morgan fingerprint density at radius 3 is 1.61 bits per heavy atom. The lowest BCUT2D eigenvalue weighted by atomic mass is 9.94. The first-order valence-corrected chi connectivity index (χ1v) is 16.8. The Morgan fingerprint density at radius 2 is 1.02 bits per heavy atom. The molecule has 0 N–H and O–H groups in total. The number of hydrogen-bond acceptors (Lipinski definition) is 2. The smallest absolute Gasteiger partial charge is 0.309 e. The Morgan fingerprint density at radius 1 is 0.481 bits per heavy atom. The third-order valence-electron chi connectivity index (χ3n) is 9.93. The SMILES string of the molecule is N#Cc1ccccc1-c1cc(-c2ccncc2-n2c3ccccc3c3cc(C(F)(F)F)ccc32)ccc1-n1c2ccccc2c2cc(C(F)(F)F)ccc21. The summed E-state index contributed by atoms with van der Waals surface area (Å²) in [5.74, 6) is 0. The van der Waals surface area contributed by atoms with E-state index in [9.17, 15) is 31.6 Å². The maximum absolute atomic E-state index is 13.9. The van der Waals surface area contributed by atoms with Crippen molar-refractivity contribution in [3.8, 4) is 39.7 Å². The first kappa shape index (κ1) is 33.0. The molecule has 0 fully saturated rings. The first-order valence-electron chi connectivity index (χ1n) is 16.8. The molecule has 3 heterocycles. The monoisotopic (exact) mass is 722 g/mol. The fraction of sp³-hybridized carbons (Fsp3) is 0.0455. The van der Waals surface area contributed by atoms with E-state index in [1.807, 2.05) is 69.8 Å². The Hall–Kier alpha value is -6.86. The number of hydrogen-bond donors (Lipinski definition) is 0. The molecule has 0 atom stereocenters. The fourth-order valence-corrected chi connectivity index (χ4v) is 7.56. The summed E-state index contributed by atoms with van der Waals surface area (Å²) in [5.41, 5.74) is 5.33. The van der Waals surface area contributed by atoms with Crippen molar-refractivity contribution in [3.05, 3.63) is 163 Å². The average Bonchev–Trinajstić information content (AvgIpc) is 3.69. The van der Waals surface area contributed by atoms with E-state index in [0.717, 1.165) is 23.8 Å². The van der Waals surface area contributed by atoms with Crippen LogP contribution in [0.4, 0.5) is 26.3 Å². The minimum Gasteiger partial charge on any atom is -0.309 e. The molecule has 0 aliphatic heterocycles. The predicted molar refractivity (Wildman–Crippen MR) is 199 cm³/mol. The zero-order valence-corrected chi connectivity index (χ0v) is 27.9. The number of aromatic nitrogens is 3. The molecule has 54 heavy (non-hydrogen) atoms. The molecule has 4 nitrogen and oxygen atoms in total. The summed E-state index contributed by atoms with van der Waals surface area (Å²) >= 11 is 0. The number of pyridine rings is 1. The average molecular weight is 723 g/mol. The molecule has 0 unspecified atom stereocenters. The van der Waals surface area contributed by atoms with Gasteiger partial charge in [0.15, 0.2) is 0 Å². The molecule has 9 aromatic rings. The zero-order valence-electron chi connectivity index (χ0n) is 27.9. The van der Waals surface area contributed by atoms with Gasteiger partial charge in [0.2, 0.25) is 0 Å². The van der Waals surface area contributed by atoms with Crippen LogP contribution < -0.4 is 0 Å². The maximum atomic E-state index is 13.9. The fourth-order valence-electron chi connectivity index (χ4n) is 7.56. The van der Waals surface area contributed by atoms with Crippen molar-refractivity contribution in [3.63, 3.8) is 0 Å². The molecule has 0 aliphatic carbocycles. The van der Waals surface area contributed by atoms with E-state index in [1.165, 1.54) is 18.2 Å². The van der Waals surface area contributed by atoms with Crippen LogP contribution in [0.3, 0.4) is 0 Å². The van der Waals surface area contributed by atoms with Crippen LogP contribution in [0, 0.1) is 11.3 Å². The van der Waals surface area contributed by atoms with Crippen LogP contribution in [0.1, 0.15) is 16.7 Å². The summed E-state index contributed by atoms with van der Waals surface area (Å²) in [6, 6.07) is 38.9. The molecule has 0 spiro atoms. The summed E-state index contributed by atoms with van der Waals surface area (Å²) in [5, 5.41) is 12.4. The lowest BCUT2D eigenvalue weighted by Crippen LogP contribution is -2.05. The second-order valence-electron chi connectivity index (χ2n) is 12.9. The van der Waals surface area contributed by atoms with Gasteiger partial charge in [0.25, 0.3) is 0 Å². The van der Waals surface area contributed by atoms with Gasteiger partial charge < -0.3 is 9.13 Å². The van der Waals surface area contributed by atoms with Crippen molar-refractivity contribution in [1.82, 2.24) is 14.1 Å². The molecular formula is C44H24F6N4. The van der Waals surface area contributed by atoms with Gasteiger partial charge in [0.1, 0.15) is 0 Å². The molecule has 0 aliphatic rings. The largest absolute Gasteiger partial charge is 0.416 e. The second-order valence-corrected chi connectivity index (χ2v) is 12.9. The highest BCUT2D eigenvalue weighted by Gasteiger charge is 2.32. The van der Waals surface area contributed by atoms with E-state index in [2.05, 4.69) is 11.1 Å². The summed E-state index contributed by atoms with van der Waals surface area (Å²) in [6.07, 6.45) is -5.75. The summed E-state index contributed by atoms with van der Waals surface area (Å²) < 4.78 is 87.1. The molecule has 0 amide bonds. The summed E-state index contributed by atoms with van der Waals surface area (Å²) in [4.78, 5) is 4.43. The first-order chi connectivity index (χ1) is 26.0. The third-order valence-corrected chi connectivity index (χ3v) is 9.93. The second kappa shape index (κ2) is 12.1. The van der Waals surface area contributed by atoms with Crippen molar-refractivity contribution in [2.45, 2.75) is 12.4 Å². The Kier molecular flexibility index (Phi) is 7.40. The Bertz CT molecular complexity index is 3000. The summed E-state index contributed by atoms with van der Waals surface area (Å²) in [7, 11) is 0. The van der Waals surface area contributed by atoms with Gasteiger partial charge in [-0.2, -0.15) is 31.6 Å². The molecule has 9 rings (SSSR count). The number of benzene rings is 6. The van der Waals surface area contributed by atoms with Crippen molar-refractivity contribution < 1.29 is 26.3 Å². The molecule has 3 aromatic heterocycles. The predicted octanol–water partition coefficient (Wildman–Crippen LogP) is 12.5. The minimum atomic E-state index is -4.53. The van der Waals surface area contributed by atoms with E-state index in [4.69, 9.17) is 0 Å². The van der Waals surface area contributed by atoms with Gasteiger partial charge >= 0.3 is 12.4 Å². The highest BCUT2D eigenvalue weighted by atomic mass is 19.4. The van der Waals surface area contributed by atoms with Crippen LogP contribution in [0.15, 0.2) is 146 Å². The van der Waals surface area contributed by atoms with E-state index in [0.29, 0.717) is 77.2 Å². The van der Waals surface area contributed by atoms with Crippen LogP contribution in [0.25, 0.3) is 77.2 Å². The molecule has 0 radical (unpaired) electrons. The van der Waals surface area contributed by atoms with Gasteiger partial charge in [-0.05, 0) is 78.4 Å². The molecule has 0 saturated carbocycles. The van der Waals surface area contributed by atoms with Gasteiger partial charge in [-0.25, -0.2) is 0 Å². The van der Waals surface area contributed by atoms with Crippen molar-refractivity contribution in [1.29, 1.82) is 5.26 Å². The lowest BCUT2D eigenvalue weighted by molar-refractivity contribution is -0.138. The Labute approximate surface area is 303 Å². The van der Waals surface area contributed by atoms with Crippen LogP contribution in [0.2, 0.25) is 0 Å². The molecular weight excluding hydrogens is 699 g/mol. The van der Waals surface area contributed by atoms with E-state index >= 15 is 0 Å². The van der Waals surface area contributed by atoms with Gasteiger partial charge in [0, 0.05) is 44.4 Å².